The minimum atomic E-state index is -0.829. The highest BCUT2D eigenvalue weighted by Gasteiger charge is 2.21. The van der Waals surface area contributed by atoms with Crippen molar-refractivity contribution in [3.8, 4) is 0 Å². The first kappa shape index (κ1) is 23.2. The number of amides is 2. The van der Waals surface area contributed by atoms with Gasteiger partial charge >= 0.3 is 12.0 Å². The van der Waals surface area contributed by atoms with Gasteiger partial charge in [-0.05, 0) is 61.2 Å². The molecule has 6 heteroatoms. The van der Waals surface area contributed by atoms with Crippen LogP contribution < -0.4 is 10.2 Å². The summed E-state index contributed by atoms with van der Waals surface area (Å²) in [7, 11) is 0. The normalized spacial score (nSPS) is 14.2. The second-order valence-corrected chi connectivity index (χ2v) is 9.25. The van der Waals surface area contributed by atoms with Gasteiger partial charge in [0.1, 0.15) is 0 Å². The van der Waals surface area contributed by atoms with E-state index in [0.717, 1.165) is 46.7 Å². The van der Waals surface area contributed by atoms with Crippen LogP contribution in [0, 0.1) is 0 Å². The molecule has 3 rings (SSSR count). The number of hydrogen-bond donors (Lipinski definition) is 2. The number of nitrogens with one attached hydrogen (secondary N) is 1. The molecule has 2 aromatic carbocycles. The van der Waals surface area contributed by atoms with Crippen molar-refractivity contribution >= 4 is 29.4 Å². The van der Waals surface area contributed by atoms with Gasteiger partial charge < -0.3 is 10.4 Å². The highest BCUT2D eigenvalue weighted by molar-refractivity contribution is 7.99. The molecule has 2 amide bonds. The first-order valence-corrected chi connectivity index (χ1v) is 12.0. The lowest BCUT2D eigenvalue weighted by molar-refractivity contribution is -0.136. The Kier molecular flexibility index (Phi) is 8.83. The van der Waals surface area contributed by atoms with Gasteiger partial charge in [-0.15, -0.1) is 0 Å². The number of rotatable bonds is 9. The maximum absolute atomic E-state index is 13.0. The van der Waals surface area contributed by atoms with E-state index in [2.05, 4.69) is 12.2 Å². The molecule has 2 aromatic rings. The highest BCUT2D eigenvalue weighted by atomic mass is 32.2. The van der Waals surface area contributed by atoms with Crippen LogP contribution in [0.25, 0.3) is 0 Å². The number of aliphatic carboxylic acids is 1. The molecule has 0 heterocycles. The largest absolute Gasteiger partial charge is 0.481 e. The zero-order chi connectivity index (χ0) is 22.1. The van der Waals surface area contributed by atoms with Gasteiger partial charge in [-0.3, -0.25) is 9.69 Å². The molecule has 31 heavy (non-hydrogen) atoms. The van der Waals surface area contributed by atoms with Gasteiger partial charge in [0.2, 0.25) is 0 Å². The molecule has 0 aliphatic heterocycles. The van der Waals surface area contributed by atoms with E-state index in [-0.39, 0.29) is 12.5 Å². The van der Waals surface area contributed by atoms with E-state index >= 15 is 0 Å². The van der Waals surface area contributed by atoms with Gasteiger partial charge in [0.25, 0.3) is 0 Å². The molecule has 0 saturated heterocycles. The molecule has 0 bridgehead atoms. The summed E-state index contributed by atoms with van der Waals surface area (Å²) in [6, 6.07) is 16.0. The Bertz CT molecular complexity index is 863. The van der Waals surface area contributed by atoms with E-state index in [1.165, 1.54) is 19.3 Å². The summed E-state index contributed by atoms with van der Waals surface area (Å²) in [5.74, 6) is -0.829. The molecule has 5 nitrogen and oxygen atoms in total. The number of benzene rings is 2. The highest BCUT2D eigenvalue weighted by Crippen LogP contribution is 2.30. The van der Waals surface area contributed by atoms with E-state index < -0.39 is 5.97 Å². The first-order valence-electron chi connectivity index (χ1n) is 11.2. The molecule has 1 aliphatic carbocycles. The fourth-order valence-corrected chi connectivity index (χ4v) is 4.79. The summed E-state index contributed by atoms with van der Waals surface area (Å²) >= 11 is 1.59. The lowest BCUT2D eigenvalue weighted by Crippen LogP contribution is -2.46. The van der Waals surface area contributed by atoms with Crippen LogP contribution in [0.1, 0.15) is 57.4 Å². The van der Waals surface area contributed by atoms with Crippen molar-refractivity contribution in [1.29, 1.82) is 0 Å². The van der Waals surface area contributed by atoms with Crippen LogP contribution >= 0.6 is 11.8 Å². The van der Waals surface area contributed by atoms with Crippen LogP contribution in [0.4, 0.5) is 10.5 Å². The third-order valence-electron chi connectivity index (χ3n) is 5.55. The van der Waals surface area contributed by atoms with Crippen molar-refractivity contribution < 1.29 is 14.7 Å². The lowest BCUT2D eigenvalue weighted by atomic mass is 9.96. The molecule has 1 aliphatic rings. The van der Waals surface area contributed by atoms with Gasteiger partial charge in [0.05, 0.1) is 6.42 Å². The molecule has 0 unspecified atom stereocenters. The Balaban J connectivity index is 1.67. The molecule has 1 fully saturated rings. The SMILES string of the molecule is CCCCN(C(=O)NC1CCCCC1)c1ccc(Sc2cccc(CC(=O)O)c2)cc1. The maximum Gasteiger partial charge on any atom is 0.322 e. The van der Waals surface area contributed by atoms with E-state index in [4.69, 9.17) is 5.11 Å². The number of carbonyl (C=O) groups excluding carboxylic acids is 1. The summed E-state index contributed by atoms with van der Waals surface area (Å²) in [6.07, 6.45) is 7.83. The van der Waals surface area contributed by atoms with Crippen LogP contribution in [-0.2, 0) is 11.2 Å². The third-order valence-corrected chi connectivity index (χ3v) is 6.55. The van der Waals surface area contributed by atoms with Crippen molar-refractivity contribution in [3.05, 3.63) is 54.1 Å². The number of unbranched alkanes of at least 4 members (excludes halogenated alkanes) is 1. The van der Waals surface area contributed by atoms with Crippen molar-refractivity contribution in [1.82, 2.24) is 5.32 Å². The minimum absolute atomic E-state index is 0.00197. The van der Waals surface area contributed by atoms with Crippen molar-refractivity contribution in [2.75, 3.05) is 11.4 Å². The second kappa shape index (κ2) is 11.8. The smallest absolute Gasteiger partial charge is 0.322 e. The van der Waals surface area contributed by atoms with E-state index in [0.29, 0.717) is 12.6 Å². The molecular formula is C25H32N2O3S. The molecular weight excluding hydrogens is 408 g/mol. The predicted octanol–water partition coefficient (Wildman–Crippen LogP) is 6.11. The number of nitrogens with zero attached hydrogens (tertiary/aromatic N) is 1. The summed E-state index contributed by atoms with van der Waals surface area (Å²) in [6.45, 7) is 2.84. The summed E-state index contributed by atoms with van der Waals surface area (Å²) in [4.78, 5) is 27.9. The number of carboxylic acids is 1. The molecule has 1 saturated carbocycles. The molecule has 166 valence electrons. The molecule has 0 radical (unpaired) electrons. The monoisotopic (exact) mass is 440 g/mol. The van der Waals surface area contributed by atoms with Crippen LogP contribution in [0.15, 0.2) is 58.3 Å². The lowest BCUT2D eigenvalue weighted by Gasteiger charge is -2.28. The van der Waals surface area contributed by atoms with Gasteiger partial charge in [0, 0.05) is 28.1 Å². The topological polar surface area (TPSA) is 69.6 Å². The minimum Gasteiger partial charge on any atom is -0.481 e. The van der Waals surface area contributed by atoms with Gasteiger partial charge in [0.15, 0.2) is 0 Å². The van der Waals surface area contributed by atoms with E-state index in [9.17, 15) is 9.59 Å². The van der Waals surface area contributed by atoms with E-state index in [1.807, 2.05) is 53.4 Å². The Morgan fingerprint density at radius 1 is 1.06 bits per heavy atom. The van der Waals surface area contributed by atoms with Crippen LogP contribution in [0.5, 0.6) is 0 Å². The summed E-state index contributed by atoms with van der Waals surface area (Å²) in [5, 5.41) is 12.2. The Morgan fingerprint density at radius 3 is 2.48 bits per heavy atom. The van der Waals surface area contributed by atoms with E-state index in [1.54, 1.807) is 11.8 Å². The van der Waals surface area contributed by atoms with Gasteiger partial charge in [-0.2, -0.15) is 0 Å². The molecule has 2 N–H and O–H groups in total. The average Bonchev–Trinajstić information content (AvgIpc) is 2.75. The summed E-state index contributed by atoms with van der Waals surface area (Å²) < 4.78 is 0. The van der Waals surface area contributed by atoms with Crippen LogP contribution in [0.3, 0.4) is 0 Å². The van der Waals surface area contributed by atoms with Crippen LogP contribution in [0.2, 0.25) is 0 Å². The van der Waals surface area contributed by atoms with Gasteiger partial charge in [-0.1, -0.05) is 56.5 Å². The third kappa shape index (κ3) is 7.31. The number of carbonyl (C=O) groups is 2. The summed E-state index contributed by atoms with van der Waals surface area (Å²) in [5.41, 5.74) is 1.70. The first-order chi connectivity index (χ1) is 15.0. The number of anilines is 1. The quantitative estimate of drug-likeness (QED) is 0.493. The predicted molar refractivity (Wildman–Crippen MR) is 126 cm³/mol. The number of carboxylic acid groups (broad SMARTS) is 1. The number of urea groups is 1. The average molecular weight is 441 g/mol. The van der Waals surface area contributed by atoms with Crippen LogP contribution in [-0.4, -0.2) is 29.7 Å². The Morgan fingerprint density at radius 2 is 1.81 bits per heavy atom. The van der Waals surface area contributed by atoms with Crippen molar-refractivity contribution in [2.45, 2.75) is 74.1 Å². The standard InChI is InChI=1S/C25H32N2O3S/c1-2-3-16-27(25(30)26-20-9-5-4-6-10-20)21-12-14-22(15-13-21)31-23-11-7-8-19(17-23)18-24(28)29/h7-8,11-15,17,20H,2-6,9-10,16,18H2,1H3,(H,26,30)(H,28,29). The Hall–Kier alpha value is -2.47. The maximum atomic E-state index is 13.0. The second-order valence-electron chi connectivity index (χ2n) is 8.10. The Labute approximate surface area is 189 Å². The molecule has 0 aromatic heterocycles. The van der Waals surface area contributed by atoms with Crippen molar-refractivity contribution in [3.63, 3.8) is 0 Å². The van der Waals surface area contributed by atoms with Gasteiger partial charge in [-0.25, -0.2) is 4.79 Å². The zero-order valence-corrected chi connectivity index (χ0v) is 19.0. The molecule has 0 spiro atoms. The fraction of sp³-hybridized carbons (Fsp3) is 0.440. The van der Waals surface area contributed by atoms with Crippen molar-refractivity contribution in [2.24, 2.45) is 0 Å². The molecule has 0 atom stereocenters. The fourth-order valence-electron chi connectivity index (χ4n) is 3.89. The number of hydrogen-bond acceptors (Lipinski definition) is 3. The zero-order valence-electron chi connectivity index (χ0n) is 18.2.